The van der Waals surface area contributed by atoms with Crippen LogP contribution < -0.4 is 10.2 Å². The Labute approximate surface area is 188 Å². The van der Waals surface area contributed by atoms with Gasteiger partial charge in [0.1, 0.15) is 11.2 Å². The molecule has 1 aromatic carbocycles. The molecule has 6 nitrogen and oxygen atoms in total. The molecule has 0 bridgehead atoms. The number of aromatic nitrogens is 1. The summed E-state index contributed by atoms with van der Waals surface area (Å²) in [6.07, 6.45) is 9.64. The van der Waals surface area contributed by atoms with Gasteiger partial charge >= 0.3 is 0 Å². The summed E-state index contributed by atoms with van der Waals surface area (Å²) >= 11 is 0. The molecule has 168 valence electrons. The summed E-state index contributed by atoms with van der Waals surface area (Å²) in [5.74, 6) is -0.261. The van der Waals surface area contributed by atoms with Crippen molar-refractivity contribution < 1.29 is 14.0 Å². The van der Waals surface area contributed by atoms with Crippen LogP contribution in [0.3, 0.4) is 0 Å². The second-order valence-corrected chi connectivity index (χ2v) is 9.50. The van der Waals surface area contributed by atoms with Crippen LogP contribution in [0.1, 0.15) is 67.9 Å². The molecule has 6 heteroatoms. The highest BCUT2D eigenvalue weighted by Gasteiger charge is 2.49. The van der Waals surface area contributed by atoms with Gasteiger partial charge in [0.25, 0.3) is 5.91 Å². The average molecular weight is 434 g/mol. The molecule has 3 heterocycles. The number of para-hydroxylation sites is 1. The van der Waals surface area contributed by atoms with Gasteiger partial charge in [0.2, 0.25) is 5.91 Å². The van der Waals surface area contributed by atoms with Gasteiger partial charge in [-0.25, -0.2) is 0 Å². The Morgan fingerprint density at radius 1 is 1.09 bits per heavy atom. The summed E-state index contributed by atoms with van der Waals surface area (Å²) in [5, 5.41) is 3.33. The van der Waals surface area contributed by atoms with Crippen LogP contribution in [0.15, 0.2) is 47.1 Å². The molecule has 0 spiro atoms. The van der Waals surface area contributed by atoms with Crippen LogP contribution in [-0.4, -0.2) is 28.0 Å². The third-order valence-corrected chi connectivity index (χ3v) is 7.19. The third kappa shape index (κ3) is 3.42. The largest absolute Gasteiger partial charge is 0.463 e. The molecule has 32 heavy (non-hydrogen) atoms. The topological polar surface area (TPSA) is 67.5 Å². The number of aryl methyl sites for hydroxylation is 1. The number of nitrogens with zero attached hydrogens (tertiary/aromatic N) is 2. The normalized spacial score (nSPS) is 22.4. The second-order valence-electron chi connectivity index (χ2n) is 9.50. The Kier molecular flexibility index (Phi) is 5.31. The van der Waals surface area contributed by atoms with E-state index in [0.717, 1.165) is 42.5 Å². The lowest BCUT2D eigenvalue weighted by atomic mass is 9.91. The molecule has 2 aliphatic rings. The average Bonchev–Trinajstić information content (AvgIpc) is 3.34. The summed E-state index contributed by atoms with van der Waals surface area (Å²) in [6.45, 7) is 4.25. The number of fused-ring (bicyclic) bond motifs is 3. The van der Waals surface area contributed by atoms with E-state index in [-0.39, 0.29) is 17.9 Å². The van der Waals surface area contributed by atoms with Crippen molar-refractivity contribution in [3.63, 3.8) is 0 Å². The van der Waals surface area contributed by atoms with Crippen molar-refractivity contribution in [2.75, 3.05) is 4.90 Å². The van der Waals surface area contributed by atoms with Crippen molar-refractivity contribution >= 4 is 28.6 Å². The van der Waals surface area contributed by atoms with Gasteiger partial charge in [0.05, 0.1) is 18.3 Å². The first-order valence-corrected chi connectivity index (χ1v) is 11.8. The van der Waals surface area contributed by atoms with Gasteiger partial charge in [-0.2, -0.15) is 0 Å². The lowest BCUT2D eigenvalue weighted by Crippen LogP contribution is -2.65. The van der Waals surface area contributed by atoms with Crippen LogP contribution in [0.4, 0.5) is 5.69 Å². The summed E-state index contributed by atoms with van der Waals surface area (Å²) in [6, 6.07) is 11.6. The Bertz CT molecular complexity index is 1150. The molecule has 1 fully saturated rings. The zero-order valence-corrected chi connectivity index (χ0v) is 18.9. The monoisotopic (exact) mass is 433 g/mol. The van der Waals surface area contributed by atoms with Crippen molar-refractivity contribution in [3.8, 4) is 0 Å². The fourth-order valence-electron chi connectivity index (χ4n) is 5.35. The molecule has 3 aromatic rings. The van der Waals surface area contributed by atoms with E-state index in [0.29, 0.717) is 17.8 Å². The van der Waals surface area contributed by atoms with Crippen LogP contribution in [0.2, 0.25) is 0 Å². The van der Waals surface area contributed by atoms with Gasteiger partial charge in [-0.1, -0.05) is 50.3 Å². The number of carbonyl (C=O) groups is 2. The number of amides is 2. The van der Waals surface area contributed by atoms with Gasteiger partial charge < -0.3 is 14.3 Å². The van der Waals surface area contributed by atoms with E-state index in [1.165, 1.54) is 19.3 Å². The number of rotatable bonds is 3. The minimum Gasteiger partial charge on any atom is -0.463 e. The van der Waals surface area contributed by atoms with E-state index in [2.05, 4.69) is 5.32 Å². The highest BCUT2D eigenvalue weighted by molar-refractivity contribution is 6.14. The Hall–Kier alpha value is -3.02. The van der Waals surface area contributed by atoms with Crippen LogP contribution in [0, 0.1) is 6.92 Å². The Morgan fingerprint density at radius 3 is 2.56 bits per heavy atom. The first-order chi connectivity index (χ1) is 15.5. The predicted octanol–water partition coefficient (Wildman–Crippen LogP) is 5.19. The van der Waals surface area contributed by atoms with Gasteiger partial charge in [0, 0.05) is 23.9 Å². The minimum atomic E-state index is -1.05. The molecule has 5 rings (SSSR count). The van der Waals surface area contributed by atoms with Gasteiger partial charge in [0.15, 0.2) is 5.58 Å². The first kappa shape index (κ1) is 20.9. The summed E-state index contributed by atoms with van der Waals surface area (Å²) in [7, 11) is 0. The smallest absolute Gasteiger partial charge is 0.276 e. The molecule has 1 aliphatic carbocycles. The van der Waals surface area contributed by atoms with Gasteiger partial charge in [-0.05, 0) is 38.3 Å². The first-order valence-electron chi connectivity index (χ1n) is 11.8. The molecule has 1 saturated carbocycles. The zero-order chi connectivity index (χ0) is 22.3. The maximum atomic E-state index is 13.9. The lowest BCUT2D eigenvalue weighted by Gasteiger charge is -2.45. The number of nitrogens with one attached hydrogen (secondary N) is 1. The van der Waals surface area contributed by atoms with Crippen molar-refractivity contribution in [1.29, 1.82) is 0 Å². The number of hydrogen-bond donors (Lipinski definition) is 1. The highest BCUT2D eigenvalue weighted by Crippen LogP contribution is 2.37. The van der Waals surface area contributed by atoms with E-state index < -0.39 is 5.54 Å². The van der Waals surface area contributed by atoms with Crippen molar-refractivity contribution in [1.82, 2.24) is 9.88 Å². The van der Waals surface area contributed by atoms with E-state index >= 15 is 0 Å². The molecule has 1 atom stereocenters. The number of benzene rings is 1. The van der Waals surface area contributed by atoms with Gasteiger partial charge in [-0.15, -0.1) is 0 Å². The molecule has 1 aliphatic heterocycles. The second kappa shape index (κ2) is 8.15. The van der Waals surface area contributed by atoms with Crippen LogP contribution >= 0.6 is 0 Å². The molecule has 0 saturated heterocycles. The Balaban J connectivity index is 1.56. The lowest BCUT2D eigenvalue weighted by molar-refractivity contribution is -0.127. The van der Waals surface area contributed by atoms with Crippen molar-refractivity contribution in [2.24, 2.45) is 0 Å². The fraction of sp³-hybridized carbons (Fsp3) is 0.462. The fourth-order valence-corrected chi connectivity index (χ4v) is 5.35. The molecule has 2 aromatic heterocycles. The standard InChI is InChI=1S/C26H31N3O3/c1-18-10-8-9-13-20(18)29-24(30)22-16-23-21(14-15-32-23)28(22)17-26(29,2)25(31)27-19-11-6-4-3-5-7-12-19/h8-10,13-16,19H,3-7,11-12,17H2,1-2H3,(H,27,31). The third-order valence-electron chi connectivity index (χ3n) is 7.19. The molecular weight excluding hydrogens is 402 g/mol. The number of anilines is 1. The van der Waals surface area contributed by atoms with Gasteiger partial charge in [-0.3, -0.25) is 14.5 Å². The minimum absolute atomic E-state index is 0.0873. The summed E-state index contributed by atoms with van der Waals surface area (Å²) in [4.78, 5) is 29.4. The van der Waals surface area contributed by atoms with Crippen LogP contribution in [0.25, 0.3) is 11.1 Å². The maximum Gasteiger partial charge on any atom is 0.276 e. The predicted molar refractivity (Wildman–Crippen MR) is 125 cm³/mol. The molecular formula is C26H31N3O3. The zero-order valence-electron chi connectivity index (χ0n) is 18.9. The van der Waals surface area contributed by atoms with E-state index in [1.807, 2.05) is 48.7 Å². The number of carbonyl (C=O) groups excluding carboxylic acids is 2. The highest BCUT2D eigenvalue weighted by atomic mass is 16.3. The Morgan fingerprint density at radius 2 is 1.81 bits per heavy atom. The summed E-state index contributed by atoms with van der Waals surface area (Å²) in [5.41, 5.74) is 2.76. The quantitative estimate of drug-likeness (QED) is 0.618. The van der Waals surface area contributed by atoms with Crippen LogP contribution in [0.5, 0.6) is 0 Å². The molecule has 2 amide bonds. The molecule has 1 N–H and O–H groups in total. The maximum absolute atomic E-state index is 13.9. The number of hydrogen-bond acceptors (Lipinski definition) is 3. The molecule has 0 radical (unpaired) electrons. The SMILES string of the molecule is Cc1ccccc1N1C(=O)c2cc3occc3n2CC1(C)C(=O)NC1CCCCCCC1. The molecule has 1 unspecified atom stereocenters. The van der Waals surface area contributed by atoms with Crippen molar-refractivity contribution in [3.05, 3.63) is 53.9 Å². The van der Waals surface area contributed by atoms with Crippen molar-refractivity contribution in [2.45, 2.75) is 76.9 Å². The van der Waals surface area contributed by atoms with E-state index in [9.17, 15) is 9.59 Å². The summed E-state index contributed by atoms with van der Waals surface area (Å²) < 4.78 is 7.51. The van der Waals surface area contributed by atoms with E-state index in [4.69, 9.17) is 4.42 Å². The number of furan rings is 1. The van der Waals surface area contributed by atoms with Crippen LogP contribution in [-0.2, 0) is 11.3 Å². The van der Waals surface area contributed by atoms with E-state index in [1.54, 1.807) is 17.2 Å².